The van der Waals surface area contributed by atoms with Gasteiger partial charge in [-0.3, -0.25) is 4.79 Å². The molecule has 0 saturated carbocycles. The van der Waals surface area contributed by atoms with Gasteiger partial charge >= 0.3 is 5.97 Å². The van der Waals surface area contributed by atoms with Gasteiger partial charge in [0.25, 0.3) is 0 Å². The van der Waals surface area contributed by atoms with Crippen molar-refractivity contribution in [3.63, 3.8) is 0 Å². The monoisotopic (exact) mass is 427 g/mol. The van der Waals surface area contributed by atoms with Crippen molar-refractivity contribution >= 4 is 33.7 Å². The molecule has 0 aliphatic rings. The quantitative estimate of drug-likeness (QED) is 0.357. The molecule has 0 spiro atoms. The van der Waals surface area contributed by atoms with E-state index in [1.807, 2.05) is 52.1 Å². The minimum atomic E-state index is -0.728. The number of unbranched alkanes of at least 4 members (excludes halogenated alkanes) is 1. The van der Waals surface area contributed by atoms with Gasteiger partial charge in [0, 0.05) is 18.4 Å². The van der Waals surface area contributed by atoms with Crippen LogP contribution in [0.25, 0.3) is 21.9 Å². The number of ether oxygens (including phenoxy) is 2. The molecular formula is C23H33N5O3. The van der Waals surface area contributed by atoms with Crippen LogP contribution < -0.4 is 11.1 Å². The zero-order chi connectivity index (χ0) is 22.4. The summed E-state index contributed by atoms with van der Waals surface area (Å²) in [5.74, 6) is 0.923. The molecule has 0 aliphatic heterocycles. The lowest BCUT2D eigenvalue weighted by Gasteiger charge is -2.27. The Morgan fingerprint density at radius 2 is 2.00 bits per heavy atom. The van der Waals surface area contributed by atoms with E-state index in [4.69, 9.17) is 20.2 Å². The minimum Gasteiger partial charge on any atom is -0.458 e. The molecule has 8 nitrogen and oxygen atoms in total. The topological polar surface area (TPSA) is 104 Å². The highest BCUT2D eigenvalue weighted by molar-refractivity contribution is 6.06. The summed E-state index contributed by atoms with van der Waals surface area (Å²) in [7, 11) is 1.91. The number of rotatable bonds is 11. The van der Waals surface area contributed by atoms with Crippen LogP contribution in [0.2, 0.25) is 0 Å². The summed E-state index contributed by atoms with van der Waals surface area (Å²) in [6, 6.07) is 7.84. The largest absolute Gasteiger partial charge is 0.458 e. The first-order chi connectivity index (χ1) is 14.9. The molecule has 3 N–H and O–H groups in total. The lowest BCUT2D eigenvalue weighted by Crippen LogP contribution is -2.34. The summed E-state index contributed by atoms with van der Waals surface area (Å²) >= 11 is 0. The summed E-state index contributed by atoms with van der Waals surface area (Å²) in [5, 5.41) is 4.04. The number of nitrogens with zero attached hydrogens (tertiary/aromatic N) is 3. The Bertz CT molecular complexity index is 1040. The molecule has 0 saturated heterocycles. The molecule has 168 valence electrons. The van der Waals surface area contributed by atoms with Crippen molar-refractivity contribution in [1.82, 2.24) is 19.9 Å². The number of para-hydroxylation sites is 1. The van der Waals surface area contributed by atoms with E-state index in [0.717, 1.165) is 41.6 Å². The molecule has 0 atom stereocenters. The predicted octanol–water partition coefficient (Wildman–Crippen LogP) is 3.41. The second-order valence-corrected chi connectivity index (χ2v) is 8.26. The number of hydrogen-bond donors (Lipinski definition) is 2. The van der Waals surface area contributed by atoms with Gasteiger partial charge in [-0.2, -0.15) is 0 Å². The van der Waals surface area contributed by atoms with Crippen molar-refractivity contribution < 1.29 is 14.3 Å². The number of fused-ring (bicyclic) bond motifs is 3. The number of pyridine rings is 1. The van der Waals surface area contributed by atoms with Gasteiger partial charge in [0.15, 0.2) is 5.82 Å². The number of nitrogen functional groups attached to an aromatic ring is 1. The highest BCUT2D eigenvalue weighted by atomic mass is 16.6. The summed E-state index contributed by atoms with van der Waals surface area (Å²) in [5.41, 5.74) is 7.84. The predicted molar refractivity (Wildman–Crippen MR) is 123 cm³/mol. The highest BCUT2D eigenvalue weighted by Gasteiger charge is 2.27. The third kappa shape index (κ3) is 5.51. The minimum absolute atomic E-state index is 0.192. The molecule has 0 aliphatic carbocycles. The molecule has 0 amide bonds. The maximum absolute atomic E-state index is 12.4. The second kappa shape index (κ2) is 10.1. The number of anilines is 1. The third-order valence-corrected chi connectivity index (χ3v) is 5.11. The fourth-order valence-electron chi connectivity index (χ4n) is 3.72. The molecule has 2 aromatic heterocycles. The van der Waals surface area contributed by atoms with E-state index in [1.54, 1.807) is 0 Å². The van der Waals surface area contributed by atoms with Crippen LogP contribution in [0.3, 0.4) is 0 Å². The van der Waals surface area contributed by atoms with Crippen LogP contribution in [0, 0.1) is 0 Å². The van der Waals surface area contributed by atoms with Crippen molar-refractivity contribution in [2.45, 2.75) is 58.8 Å². The van der Waals surface area contributed by atoms with E-state index in [-0.39, 0.29) is 5.97 Å². The summed E-state index contributed by atoms with van der Waals surface area (Å²) in [6.45, 7) is 8.01. The Balaban J connectivity index is 1.94. The number of nitrogens with two attached hydrogens (primary N) is 1. The van der Waals surface area contributed by atoms with Gasteiger partial charge < -0.3 is 25.1 Å². The Labute approximate surface area is 183 Å². The zero-order valence-electron chi connectivity index (χ0n) is 18.9. The van der Waals surface area contributed by atoms with Crippen LogP contribution in [0.4, 0.5) is 5.82 Å². The SMILES string of the molecule is CCOCc1nc2c(N)nc3ccccc3c2n1CC(C)(C)OC(=O)CCCCNC. The van der Waals surface area contributed by atoms with Crippen molar-refractivity contribution in [3.8, 4) is 0 Å². The number of benzene rings is 1. The second-order valence-electron chi connectivity index (χ2n) is 8.26. The van der Waals surface area contributed by atoms with Crippen molar-refractivity contribution in [3.05, 3.63) is 30.1 Å². The van der Waals surface area contributed by atoms with Gasteiger partial charge in [0.05, 0.1) is 17.6 Å². The van der Waals surface area contributed by atoms with Crippen LogP contribution >= 0.6 is 0 Å². The first-order valence-corrected chi connectivity index (χ1v) is 10.8. The van der Waals surface area contributed by atoms with Crippen LogP contribution in [0.1, 0.15) is 45.9 Å². The van der Waals surface area contributed by atoms with Crippen LogP contribution in [-0.4, -0.2) is 46.3 Å². The fraction of sp³-hybridized carbons (Fsp3) is 0.522. The number of hydrogen-bond acceptors (Lipinski definition) is 7. The average molecular weight is 428 g/mol. The fourth-order valence-corrected chi connectivity index (χ4v) is 3.72. The van der Waals surface area contributed by atoms with E-state index in [1.165, 1.54) is 0 Å². The van der Waals surface area contributed by atoms with E-state index in [0.29, 0.717) is 37.5 Å². The van der Waals surface area contributed by atoms with E-state index in [9.17, 15) is 4.79 Å². The summed E-state index contributed by atoms with van der Waals surface area (Å²) < 4.78 is 13.6. The Morgan fingerprint density at radius 3 is 2.74 bits per heavy atom. The van der Waals surface area contributed by atoms with Crippen molar-refractivity contribution in [2.24, 2.45) is 0 Å². The molecule has 0 unspecified atom stereocenters. The van der Waals surface area contributed by atoms with Crippen molar-refractivity contribution in [1.29, 1.82) is 0 Å². The van der Waals surface area contributed by atoms with Crippen molar-refractivity contribution in [2.75, 3.05) is 25.9 Å². The molecule has 3 aromatic rings. The average Bonchev–Trinajstić information content (AvgIpc) is 3.08. The van der Waals surface area contributed by atoms with Gasteiger partial charge in [-0.05, 0) is 53.3 Å². The molecule has 31 heavy (non-hydrogen) atoms. The Kier molecular flexibility index (Phi) is 7.46. The highest BCUT2D eigenvalue weighted by Crippen LogP contribution is 2.30. The first-order valence-electron chi connectivity index (χ1n) is 10.8. The lowest BCUT2D eigenvalue weighted by molar-refractivity contribution is -0.157. The van der Waals surface area contributed by atoms with Gasteiger partial charge in [0.2, 0.25) is 0 Å². The molecular weight excluding hydrogens is 394 g/mol. The van der Waals surface area contributed by atoms with Gasteiger partial charge in [0.1, 0.15) is 23.5 Å². The first kappa shape index (κ1) is 23.0. The lowest BCUT2D eigenvalue weighted by atomic mass is 10.1. The summed E-state index contributed by atoms with van der Waals surface area (Å²) in [6.07, 6.45) is 2.14. The Hall–Kier alpha value is -2.71. The van der Waals surface area contributed by atoms with Gasteiger partial charge in [-0.15, -0.1) is 0 Å². The normalized spacial score (nSPS) is 12.0. The van der Waals surface area contributed by atoms with E-state index >= 15 is 0 Å². The number of carbonyl (C=O) groups excluding carboxylic acids is 1. The van der Waals surface area contributed by atoms with Crippen LogP contribution in [0.5, 0.6) is 0 Å². The molecule has 1 aromatic carbocycles. The molecule has 2 heterocycles. The zero-order valence-corrected chi connectivity index (χ0v) is 18.9. The number of carbonyl (C=O) groups is 1. The third-order valence-electron chi connectivity index (χ3n) is 5.11. The maximum Gasteiger partial charge on any atom is 0.306 e. The molecule has 8 heteroatoms. The van der Waals surface area contributed by atoms with Crippen LogP contribution in [-0.2, 0) is 27.4 Å². The molecule has 3 rings (SSSR count). The molecule has 0 radical (unpaired) electrons. The molecule has 0 fully saturated rings. The Morgan fingerprint density at radius 1 is 1.23 bits per heavy atom. The number of nitrogens with one attached hydrogen (secondary N) is 1. The number of aromatic nitrogens is 3. The number of esters is 1. The summed E-state index contributed by atoms with van der Waals surface area (Å²) in [4.78, 5) is 21.7. The maximum atomic E-state index is 12.4. The van der Waals surface area contributed by atoms with Gasteiger partial charge in [-0.25, -0.2) is 9.97 Å². The van der Waals surface area contributed by atoms with E-state index in [2.05, 4.69) is 14.9 Å². The smallest absolute Gasteiger partial charge is 0.306 e. The standard InChI is InChI=1S/C23H33N5O3/c1-5-30-14-18-27-20-21(16-10-6-7-11-17(16)26-22(20)24)28(18)15-23(2,3)31-19(29)12-8-9-13-25-4/h6-7,10-11,25H,5,8-9,12-15H2,1-4H3,(H2,24,26). The number of imidazole rings is 1. The van der Waals surface area contributed by atoms with E-state index < -0.39 is 5.60 Å². The van der Waals surface area contributed by atoms with Gasteiger partial charge in [-0.1, -0.05) is 18.2 Å². The van der Waals surface area contributed by atoms with Crippen LogP contribution in [0.15, 0.2) is 24.3 Å². The molecule has 0 bridgehead atoms.